The van der Waals surface area contributed by atoms with Gasteiger partial charge in [0.15, 0.2) is 0 Å². The third-order valence-corrected chi connectivity index (χ3v) is 4.09. The Bertz CT molecular complexity index is 562. The lowest BCUT2D eigenvalue weighted by molar-refractivity contribution is -0.904. The molecule has 1 fully saturated rings. The highest BCUT2D eigenvalue weighted by Crippen LogP contribution is 2.24. The van der Waals surface area contributed by atoms with Crippen LogP contribution in [0.15, 0.2) is 18.2 Å². The van der Waals surface area contributed by atoms with Gasteiger partial charge in [-0.15, -0.1) is 0 Å². The summed E-state index contributed by atoms with van der Waals surface area (Å²) in [6.07, 6.45) is 2.01. The predicted octanol–water partition coefficient (Wildman–Crippen LogP) is 0.400. The van der Waals surface area contributed by atoms with Gasteiger partial charge in [-0.2, -0.15) is 0 Å². The second kappa shape index (κ2) is 7.22. The van der Waals surface area contributed by atoms with Crippen molar-refractivity contribution in [1.29, 1.82) is 0 Å². The minimum atomic E-state index is -0.514. The molecule has 22 heavy (non-hydrogen) atoms. The van der Waals surface area contributed by atoms with Gasteiger partial charge in [-0.1, -0.05) is 0 Å². The summed E-state index contributed by atoms with van der Waals surface area (Å²) in [6, 6.07) is 4.15. The van der Waals surface area contributed by atoms with Crippen molar-refractivity contribution in [1.82, 2.24) is 5.32 Å². The van der Waals surface area contributed by atoms with Crippen LogP contribution in [0, 0.1) is 10.1 Å². The first-order valence-corrected chi connectivity index (χ1v) is 7.52. The number of non-ortho nitro benzene ring substituents is 1. The molecule has 2 rings (SSSR count). The van der Waals surface area contributed by atoms with Gasteiger partial charge in [0.25, 0.3) is 11.6 Å². The normalized spacial score (nSPS) is 21.2. The number of nitro groups is 1. The monoisotopic (exact) mass is 308 g/mol. The minimum Gasteiger partial charge on any atom is -0.496 e. The number of carbonyl (C=O) groups is 1. The van der Waals surface area contributed by atoms with E-state index in [1.807, 2.05) is 0 Å². The second-order valence-corrected chi connectivity index (χ2v) is 5.51. The molecular weight excluding hydrogens is 286 g/mol. The van der Waals surface area contributed by atoms with E-state index in [0.717, 1.165) is 32.5 Å². The van der Waals surface area contributed by atoms with Gasteiger partial charge in [-0.3, -0.25) is 14.9 Å². The Labute approximate surface area is 129 Å². The number of likely N-dealkylation sites (N-methyl/N-ethyl adjacent to an activating group) is 1. The molecule has 2 N–H and O–H groups in total. The number of nitro benzene ring substituents is 1. The second-order valence-electron chi connectivity index (χ2n) is 5.51. The number of hydrogen-bond acceptors (Lipinski definition) is 4. The van der Waals surface area contributed by atoms with E-state index >= 15 is 0 Å². The van der Waals surface area contributed by atoms with E-state index < -0.39 is 4.92 Å². The average molecular weight is 308 g/mol. The molecule has 1 aliphatic rings. The van der Waals surface area contributed by atoms with E-state index in [1.54, 1.807) is 0 Å². The topological polar surface area (TPSA) is 85.9 Å². The van der Waals surface area contributed by atoms with Crippen LogP contribution in [0.3, 0.4) is 0 Å². The highest BCUT2D eigenvalue weighted by atomic mass is 16.6. The van der Waals surface area contributed by atoms with Gasteiger partial charge >= 0.3 is 0 Å². The van der Waals surface area contributed by atoms with Crippen molar-refractivity contribution < 1.29 is 19.4 Å². The van der Waals surface area contributed by atoms with Gasteiger partial charge in [-0.25, -0.2) is 0 Å². The lowest BCUT2D eigenvalue weighted by Crippen LogP contribution is -3.14. The summed E-state index contributed by atoms with van der Waals surface area (Å²) in [5, 5.41) is 13.9. The van der Waals surface area contributed by atoms with E-state index in [1.165, 1.54) is 30.2 Å². The summed E-state index contributed by atoms with van der Waals surface area (Å²) in [6.45, 7) is 5.18. The molecule has 0 aromatic heterocycles. The number of rotatable bonds is 5. The van der Waals surface area contributed by atoms with Gasteiger partial charge in [0.2, 0.25) is 0 Å². The SMILES string of the molecule is CC[NH+]1CCC[C@H](NC(=O)c2cc([N+](=O)[O-])ccc2OC)C1. The first-order chi connectivity index (χ1) is 10.5. The molecule has 0 radical (unpaired) electrons. The summed E-state index contributed by atoms with van der Waals surface area (Å²) in [5.74, 6) is 0.0292. The van der Waals surface area contributed by atoms with Crippen LogP contribution in [0.1, 0.15) is 30.1 Å². The Morgan fingerprint density at radius 1 is 1.55 bits per heavy atom. The molecule has 0 aliphatic carbocycles. The van der Waals surface area contributed by atoms with Crippen molar-refractivity contribution in [3.63, 3.8) is 0 Å². The number of nitrogens with one attached hydrogen (secondary N) is 2. The first-order valence-electron chi connectivity index (χ1n) is 7.52. The van der Waals surface area contributed by atoms with Crippen LogP contribution in [0.5, 0.6) is 5.75 Å². The average Bonchev–Trinajstić information content (AvgIpc) is 2.54. The molecule has 1 aromatic rings. The van der Waals surface area contributed by atoms with Crippen LogP contribution >= 0.6 is 0 Å². The zero-order chi connectivity index (χ0) is 16.1. The summed E-state index contributed by atoms with van der Waals surface area (Å²) >= 11 is 0. The fourth-order valence-electron chi connectivity index (χ4n) is 2.85. The summed E-state index contributed by atoms with van der Waals surface area (Å²) < 4.78 is 5.14. The van der Waals surface area contributed by atoms with E-state index in [4.69, 9.17) is 4.74 Å². The van der Waals surface area contributed by atoms with Crippen LogP contribution in [-0.4, -0.2) is 43.6 Å². The van der Waals surface area contributed by atoms with Crippen LogP contribution in [0.4, 0.5) is 5.69 Å². The number of methoxy groups -OCH3 is 1. The molecule has 0 saturated carbocycles. The third-order valence-electron chi connectivity index (χ3n) is 4.09. The molecule has 7 nitrogen and oxygen atoms in total. The number of amides is 1. The molecule has 1 unspecified atom stereocenters. The van der Waals surface area contributed by atoms with Crippen molar-refractivity contribution in [2.45, 2.75) is 25.8 Å². The Balaban J connectivity index is 2.14. The van der Waals surface area contributed by atoms with Gasteiger partial charge in [0.05, 0.1) is 43.3 Å². The van der Waals surface area contributed by atoms with Crippen molar-refractivity contribution in [2.24, 2.45) is 0 Å². The van der Waals surface area contributed by atoms with Gasteiger partial charge in [0.1, 0.15) is 5.75 Å². The number of likely N-dealkylation sites (tertiary alicyclic amines) is 1. The smallest absolute Gasteiger partial charge is 0.270 e. The van der Waals surface area contributed by atoms with Gasteiger partial charge < -0.3 is 15.0 Å². The molecule has 120 valence electrons. The first kappa shape index (κ1) is 16.2. The molecule has 2 atom stereocenters. The molecule has 0 spiro atoms. The molecule has 7 heteroatoms. The van der Waals surface area contributed by atoms with E-state index in [-0.39, 0.29) is 23.2 Å². The Kier molecular flexibility index (Phi) is 5.32. The number of hydrogen-bond donors (Lipinski definition) is 2. The van der Waals surface area contributed by atoms with Crippen molar-refractivity contribution in [2.75, 3.05) is 26.7 Å². The quantitative estimate of drug-likeness (QED) is 0.609. The zero-order valence-corrected chi connectivity index (χ0v) is 12.9. The predicted molar refractivity (Wildman–Crippen MR) is 81.4 cm³/mol. The number of carbonyl (C=O) groups excluding carboxylic acids is 1. The highest BCUT2D eigenvalue weighted by Gasteiger charge is 2.25. The lowest BCUT2D eigenvalue weighted by atomic mass is 10.0. The zero-order valence-electron chi connectivity index (χ0n) is 12.9. The molecular formula is C15H22N3O4+. The number of piperidine rings is 1. The van der Waals surface area contributed by atoms with Gasteiger partial charge in [0, 0.05) is 12.1 Å². The molecule has 0 bridgehead atoms. The number of nitrogens with zero attached hydrogens (tertiary/aromatic N) is 1. The van der Waals surface area contributed by atoms with Crippen LogP contribution in [0.2, 0.25) is 0 Å². The minimum absolute atomic E-state index is 0.0974. The Morgan fingerprint density at radius 3 is 2.95 bits per heavy atom. The van der Waals surface area contributed by atoms with Gasteiger partial charge in [-0.05, 0) is 25.8 Å². The maximum Gasteiger partial charge on any atom is 0.270 e. The standard InChI is InChI=1S/C15H21N3O4/c1-3-17-8-4-5-11(10-17)16-15(19)13-9-12(18(20)21)6-7-14(13)22-2/h6-7,9,11H,3-5,8,10H2,1-2H3,(H,16,19)/p+1/t11-/m0/s1. The highest BCUT2D eigenvalue weighted by molar-refractivity contribution is 5.97. The molecule has 1 amide bonds. The van der Waals surface area contributed by atoms with Crippen LogP contribution in [-0.2, 0) is 0 Å². The van der Waals surface area contributed by atoms with Crippen LogP contribution < -0.4 is 15.0 Å². The molecule has 1 aliphatic heterocycles. The summed E-state index contributed by atoms with van der Waals surface area (Å²) in [5.41, 5.74) is 0.0933. The largest absolute Gasteiger partial charge is 0.496 e. The Morgan fingerprint density at radius 2 is 2.32 bits per heavy atom. The molecule has 1 aromatic carbocycles. The fraction of sp³-hybridized carbons (Fsp3) is 0.533. The molecule has 1 saturated heterocycles. The maximum atomic E-state index is 12.4. The van der Waals surface area contributed by atoms with E-state index in [0.29, 0.717) is 5.75 Å². The number of benzene rings is 1. The maximum absolute atomic E-state index is 12.4. The Hall–Kier alpha value is -2.15. The summed E-state index contributed by atoms with van der Waals surface area (Å²) in [4.78, 5) is 24.3. The van der Waals surface area contributed by atoms with Crippen LogP contribution in [0.25, 0.3) is 0 Å². The van der Waals surface area contributed by atoms with Crippen molar-refractivity contribution >= 4 is 11.6 Å². The van der Waals surface area contributed by atoms with Crippen molar-refractivity contribution in [3.8, 4) is 5.75 Å². The lowest BCUT2D eigenvalue weighted by Gasteiger charge is -2.29. The summed E-state index contributed by atoms with van der Waals surface area (Å²) in [7, 11) is 1.45. The van der Waals surface area contributed by atoms with E-state index in [2.05, 4.69) is 12.2 Å². The number of quaternary nitrogens is 1. The van der Waals surface area contributed by atoms with E-state index in [9.17, 15) is 14.9 Å². The van der Waals surface area contributed by atoms with Crippen molar-refractivity contribution in [3.05, 3.63) is 33.9 Å². The third kappa shape index (κ3) is 3.73. The molecule has 1 heterocycles. The fourth-order valence-corrected chi connectivity index (χ4v) is 2.85. The number of ether oxygens (including phenoxy) is 1.